The molecule has 4 aromatic rings. The molecule has 0 fully saturated rings. The molecule has 0 unspecified atom stereocenters. The van der Waals surface area contributed by atoms with Crippen LogP contribution in [0.3, 0.4) is 0 Å². The zero-order valence-corrected chi connectivity index (χ0v) is 18.6. The number of benzene rings is 2. The number of hydrogen-bond acceptors (Lipinski definition) is 6. The smallest absolute Gasteiger partial charge is 0.305 e. The Kier molecular flexibility index (Phi) is 7.39. The molecule has 0 saturated carbocycles. The van der Waals surface area contributed by atoms with Crippen LogP contribution in [0.25, 0.3) is 40.2 Å². The average Bonchev–Trinajstić information content (AvgIpc) is 3.23. The highest BCUT2D eigenvalue weighted by Gasteiger charge is 2.21. The van der Waals surface area contributed by atoms with Gasteiger partial charge in [-0.1, -0.05) is 30.3 Å². The van der Waals surface area contributed by atoms with Crippen molar-refractivity contribution in [3.05, 3.63) is 85.1 Å². The van der Waals surface area contributed by atoms with E-state index in [9.17, 15) is 19.4 Å². The predicted octanol–water partition coefficient (Wildman–Crippen LogP) is 3.87. The van der Waals surface area contributed by atoms with Gasteiger partial charge in [-0.3, -0.25) is 9.36 Å². The second kappa shape index (κ2) is 10.8. The molecular formula is C26H23FN4O4. The van der Waals surface area contributed by atoms with Crippen molar-refractivity contribution >= 4 is 12.2 Å². The van der Waals surface area contributed by atoms with Gasteiger partial charge in [0.25, 0.3) is 0 Å². The molecule has 4 rings (SSSR count). The molecule has 0 bridgehead atoms. The summed E-state index contributed by atoms with van der Waals surface area (Å²) in [7, 11) is 0. The molecule has 0 aliphatic heterocycles. The summed E-state index contributed by atoms with van der Waals surface area (Å²) in [4.78, 5) is 24.0. The maximum Gasteiger partial charge on any atom is 0.305 e. The van der Waals surface area contributed by atoms with Crippen molar-refractivity contribution in [2.24, 2.45) is 0 Å². The van der Waals surface area contributed by atoms with Crippen LogP contribution in [0.15, 0.2) is 79.3 Å². The number of aliphatic carboxylic acids is 1. The maximum atomic E-state index is 13.7. The highest BCUT2D eigenvalue weighted by atomic mass is 19.1. The molecule has 2 heterocycles. The fraction of sp³-hybridized carbons (Fsp3) is 0.154. The highest BCUT2D eigenvalue weighted by Crippen LogP contribution is 2.36. The van der Waals surface area contributed by atoms with E-state index in [1.807, 2.05) is 30.3 Å². The Hall–Kier alpha value is -4.21. The first-order valence-electron chi connectivity index (χ1n) is 10.9. The Bertz CT molecular complexity index is 1310. The van der Waals surface area contributed by atoms with E-state index in [1.54, 1.807) is 35.2 Å². The van der Waals surface area contributed by atoms with Crippen molar-refractivity contribution in [3.8, 4) is 34.0 Å². The molecular weight excluding hydrogens is 451 g/mol. The maximum absolute atomic E-state index is 13.7. The minimum absolute atomic E-state index is 0.150. The number of carboxylic acid groups (broad SMARTS) is 1. The first kappa shape index (κ1) is 23.9. The number of carbonyl (C=O) groups is 1. The van der Waals surface area contributed by atoms with Crippen LogP contribution in [-0.4, -0.2) is 53.0 Å². The summed E-state index contributed by atoms with van der Waals surface area (Å²) in [6.45, 7) is 0. The summed E-state index contributed by atoms with van der Waals surface area (Å²) < 4.78 is 15.5. The van der Waals surface area contributed by atoms with Gasteiger partial charge in [-0.2, -0.15) is 0 Å². The normalized spacial score (nSPS) is 13.1. The Morgan fingerprint density at radius 1 is 1.03 bits per heavy atom. The molecule has 35 heavy (non-hydrogen) atoms. The quantitative estimate of drug-likeness (QED) is 0.337. The van der Waals surface area contributed by atoms with Crippen molar-refractivity contribution in [2.45, 2.75) is 25.0 Å². The molecule has 8 nitrogen and oxygen atoms in total. The summed E-state index contributed by atoms with van der Waals surface area (Å²) in [5, 5.41) is 29.2. The van der Waals surface area contributed by atoms with Crippen LogP contribution in [0.1, 0.15) is 12.8 Å². The highest BCUT2D eigenvalue weighted by molar-refractivity contribution is 5.82. The van der Waals surface area contributed by atoms with Gasteiger partial charge in [0.2, 0.25) is 0 Å². The van der Waals surface area contributed by atoms with Crippen LogP contribution in [-0.2, 0) is 4.79 Å². The summed E-state index contributed by atoms with van der Waals surface area (Å²) in [6, 6.07) is 17.1. The standard InChI is InChI=1S/C26H23FN4O4/c27-19-8-6-17(7-9-19)25-24(22-10-12-28-16-29-22)30-26(18-4-2-1-3-5-18)31(25)13-11-20(32)14-21(33)15-23(34)35/h1-13,16,20-21,32-33H,14-15H2,(H,34,35)/t20-,21-/m1/s1. The van der Waals surface area contributed by atoms with E-state index >= 15 is 0 Å². The number of hydrogen-bond donors (Lipinski definition) is 3. The van der Waals surface area contributed by atoms with Crippen molar-refractivity contribution in [1.29, 1.82) is 0 Å². The molecule has 0 radical (unpaired) electrons. The Morgan fingerprint density at radius 2 is 1.77 bits per heavy atom. The number of aromatic nitrogens is 4. The monoisotopic (exact) mass is 474 g/mol. The lowest BCUT2D eigenvalue weighted by molar-refractivity contribution is -0.139. The minimum atomic E-state index is -1.20. The lowest BCUT2D eigenvalue weighted by atomic mass is 10.1. The van der Waals surface area contributed by atoms with Crippen molar-refractivity contribution in [2.75, 3.05) is 0 Å². The first-order valence-corrected chi connectivity index (χ1v) is 10.9. The van der Waals surface area contributed by atoms with Crippen molar-refractivity contribution in [3.63, 3.8) is 0 Å². The summed E-state index contributed by atoms with van der Waals surface area (Å²) >= 11 is 0. The third kappa shape index (κ3) is 5.84. The Labute approximate surface area is 200 Å². The Morgan fingerprint density at radius 3 is 2.43 bits per heavy atom. The number of rotatable bonds is 9. The van der Waals surface area contributed by atoms with E-state index in [0.29, 0.717) is 28.5 Å². The zero-order chi connectivity index (χ0) is 24.8. The SMILES string of the molecule is O=C(O)C[C@H](O)C[C@H](O)C=Cn1c(-c2ccccc2)nc(-c2ccncn2)c1-c1ccc(F)cc1. The van der Waals surface area contributed by atoms with E-state index in [1.165, 1.54) is 24.5 Å². The molecule has 0 saturated heterocycles. The van der Waals surface area contributed by atoms with Crippen molar-refractivity contribution < 1.29 is 24.5 Å². The molecule has 178 valence electrons. The van der Waals surface area contributed by atoms with Crippen LogP contribution >= 0.6 is 0 Å². The number of halogens is 1. The lowest BCUT2D eigenvalue weighted by Gasteiger charge is -2.13. The molecule has 3 N–H and O–H groups in total. The molecule has 0 spiro atoms. The fourth-order valence-corrected chi connectivity index (χ4v) is 3.69. The number of aliphatic hydroxyl groups is 2. The van der Waals surface area contributed by atoms with Gasteiger partial charge in [-0.15, -0.1) is 0 Å². The topological polar surface area (TPSA) is 121 Å². The zero-order valence-electron chi connectivity index (χ0n) is 18.6. The third-order valence-electron chi connectivity index (χ3n) is 5.27. The van der Waals surface area contributed by atoms with E-state index in [-0.39, 0.29) is 12.2 Å². The summed E-state index contributed by atoms with van der Waals surface area (Å²) in [5.41, 5.74) is 3.15. The summed E-state index contributed by atoms with van der Waals surface area (Å²) in [6.07, 6.45) is 3.14. The number of nitrogens with zero attached hydrogens (tertiary/aromatic N) is 4. The van der Waals surface area contributed by atoms with Crippen LogP contribution < -0.4 is 0 Å². The van der Waals surface area contributed by atoms with Crippen LogP contribution in [0.2, 0.25) is 0 Å². The van der Waals surface area contributed by atoms with Gasteiger partial charge < -0.3 is 15.3 Å². The van der Waals surface area contributed by atoms with E-state index in [0.717, 1.165) is 5.56 Å². The molecule has 2 aromatic heterocycles. The van der Waals surface area contributed by atoms with Crippen molar-refractivity contribution in [1.82, 2.24) is 19.5 Å². The molecule has 0 amide bonds. The second-order valence-electron chi connectivity index (χ2n) is 7.87. The Balaban J connectivity index is 1.86. The molecule has 2 aromatic carbocycles. The van der Waals surface area contributed by atoms with E-state index in [2.05, 4.69) is 9.97 Å². The summed E-state index contributed by atoms with van der Waals surface area (Å²) in [5.74, 6) is -0.985. The van der Waals surface area contributed by atoms with Crippen LogP contribution in [0.5, 0.6) is 0 Å². The van der Waals surface area contributed by atoms with Gasteiger partial charge in [0, 0.05) is 29.9 Å². The van der Waals surface area contributed by atoms with Crippen LogP contribution in [0.4, 0.5) is 4.39 Å². The average molecular weight is 474 g/mol. The molecule has 0 aliphatic carbocycles. The van der Waals surface area contributed by atoms with Gasteiger partial charge in [0.1, 0.15) is 23.7 Å². The molecule has 0 aliphatic rings. The van der Waals surface area contributed by atoms with E-state index < -0.39 is 24.6 Å². The largest absolute Gasteiger partial charge is 0.481 e. The fourth-order valence-electron chi connectivity index (χ4n) is 3.69. The minimum Gasteiger partial charge on any atom is -0.481 e. The van der Waals surface area contributed by atoms with Gasteiger partial charge in [0.15, 0.2) is 0 Å². The van der Waals surface area contributed by atoms with Gasteiger partial charge in [-0.05, 0) is 36.4 Å². The number of carboxylic acids is 1. The number of imidazole rings is 1. The molecule has 2 atom stereocenters. The van der Waals surface area contributed by atoms with Gasteiger partial charge in [0.05, 0.1) is 30.0 Å². The van der Waals surface area contributed by atoms with E-state index in [4.69, 9.17) is 10.1 Å². The third-order valence-corrected chi connectivity index (χ3v) is 5.27. The van der Waals surface area contributed by atoms with Gasteiger partial charge >= 0.3 is 5.97 Å². The first-order chi connectivity index (χ1) is 16.9. The van der Waals surface area contributed by atoms with Gasteiger partial charge in [-0.25, -0.2) is 19.3 Å². The molecule has 9 heteroatoms. The predicted molar refractivity (Wildman–Crippen MR) is 128 cm³/mol. The number of aliphatic hydroxyl groups excluding tert-OH is 2. The van der Waals surface area contributed by atoms with Crippen LogP contribution in [0, 0.1) is 5.82 Å². The lowest BCUT2D eigenvalue weighted by Crippen LogP contribution is -2.19. The second-order valence-corrected chi connectivity index (χ2v) is 7.87.